The second-order valence-electron chi connectivity index (χ2n) is 20.7. The number of rotatable bonds is 33. The highest BCUT2D eigenvalue weighted by Gasteiger charge is 2.49. The Hall–Kier alpha value is -6.32. The summed E-state index contributed by atoms with van der Waals surface area (Å²) in [5.74, 6) is -3.04. The molecule has 434 valence electrons. The van der Waals surface area contributed by atoms with Gasteiger partial charge in [-0.05, 0) is 92.8 Å². The zero-order valence-electron chi connectivity index (χ0n) is 46.2. The van der Waals surface area contributed by atoms with E-state index in [0.717, 1.165) is 112 Å². The average molecular weight is 1150 g/mol. The van der Waals surface area contributed by atoms with E-state index < -0.39 is 42.2 Å². The molecular weight excluding hydrogens is 1070 g/mol. The molecule has 0 aliphatic carbocycles. The fourth-order valence-corrected chi connectivity index (χ4v) is 10.4. The number of piperazine rings is 1. The van der Waals surface area contributed by atoms with Crippen molar-refractivity contribution in [3.05, 3.63) is 99.2 Å². The number of halogens is 2. The van der Waals surface area contributed by atoms with E-state index in [1.54, 1.807) is 34.0 Å². The smallest absolute Gasteiger partial charge is 0.350 e. The van der Waals surface area contributed by atoms with Gasteiger partial charge in [-0.2, -0.15) is 15.1 Å². The van der Waals surface area contributed by atoms with Crippen molar-refractivity contribution in [1.29, 1.82) is 0 Å². The lowest BCUT2D eigenvalue weighted by molar-refractivity contribution is -0.817. The summed E-state index contributed by atoms with van der Waals surface area (Å²) in [5, 5.41) is 19.4. The third-order valence-corrected chi connectivity index (χ3v) is 15.2. The minimum Gasteiger partial charge on any atom is -0.491 e. The monoisotopic (exact) mass is 1150 g/mol. The summed E-state index contributed by atoms with van der Waals surface area (Å²) in [6.07, 6.45) is 13.1. The van der Waals surface area contributed by atoms with Gasteiger partial charge in [0, 0.05) is 61.0 Å². The topological polar surface area (TPSA) is 219 Å². The van der Waals surface area contributed by atoms with Crippen molar-refractivity contribution in [2.24, 2.45) is 16.0 Å². The second-order valence-corrected chi connectivity index (χ2v) is 21.5. The average Bonchev–Trinajstić information content (AvgIpc) is 4.25. The third kappa shape index (κ3) is 18.4. The standard InChI is InChI=1S/C58H76Cl2N8O12/c1-4-5-6-8-12-15-54(71)76-34-49(79-56(73)28-27-53(69)70)35-77-55(72)16-13-10-7-9-11-14-42(2)43(3)68-57(74)67(41-63-68)47-20-18-45(19-21-47)64-29-31-65(32-30-64)46-22-24-48(25-23-46)75-36-50-37-78-58(80-50,38-66-40-61-39-62-66)51-26-17-44(59)33-52(51)60/h17-26,33,39-43,49-50H,4-16,27-32,34-38H2,1-3H3,(H,69,70)/p+1. The Morgan fingerprint density at radius 3 is 2.00 bits per heavy atom. The van der Waals surface area contributed by atoms with Gasteiger partial charge in [0.1, 0.15) is 38.0 Å². The molecule has 3 aromatic carbocycles. The minimum absolute atomic E-state index is 0.112. The fourth-order valence-electron chi connectivity index (χ4n) is 9.83. The van der Waals surface area contributed by atoms with Crippen LogP contribution in [0.3, 0.4) is 0 Å². The Morgan fingerprint density at radius 1 is 0.775 bits per heavy atom. The van der Waals surface area contributed by atoms with E-state index in [4.69, 9.17) is 56.7 Å². The molecule has 6 atom stereocenters. The Balaban J connectivity index is 0.776. The van der Waals surface area contributed by atoms with E-state index in [2.05, 4.69) is 63.1 Å². The number of aromatic nitrogens is 3. The Kier molecular flexibility index (Phi) is 23.8. The van der Waals surface area contributed by atoms with Gasteiger partial charge in [0.25, 0.3) is 5.79 Å². The van der Waals surface area contributed by atoms with E-state index >= 15 is 0 Å². The first-order valence-electron chi connectivity index (χ1n) is 28.1. The minimum atomic E-state index is -1.16. The van der Waals surface area contributed by atoms with Crippen molar-refractivity contribution in [2.75, 3.05) is 69.0 Å². The van der Waals surface area contributed by atoms with E-state index in [0.29, 0.717) is 41.6 Å². The zero-order valence-corrected chi connectivity index (χ0v) is 47.7. The molecule has 22 heteroatoms. The summed E-state index contributed by atoms with van der Waals surface area (Å²) in [5.41, 5.74) is 3.43. The van der Waals surface area contributed by atoms with Crippen LogP contribution in [0.2, 0.25) is 10.0 Å². The first kappa shape index (κ1) is 61.3. The fraction of sp³-hybridized carbons (Fsp3) is 0.552. The van der Waals surface area contributed by atoms with Crippen molar-refractivity contribution in [3.63, 3.8) is 0 Å². The number of carboxylic acids is 1. The van der Waals surface area contributed by atoms with Gasteiger partial charge in [0.05, 0.1) is 36.2 Å². The summed E-state index contributed by atoms with van der Waals surface area (Å²) < 4.78 is 38.1. The SMILES string of the molecule is CCCCCCCC(=O)OCC(COC(=O)CCCCCCCC(C)C(C)n1ncn(-c2ccc(N3CCN(c4ccc(OCC5COC(C[NH+]6C=NC=N6)(c6ccc(Cl)cc6Cl)O5)cc4)CC3)cc2)c1=O)OC(=O)CCC(=O)O. The molecule has 3 aliphatic heterocycles. The Morgan fingerprint density at radius 2 is 1.39 bits per heavy atom. The summed E-state index contributed by atoms with van der Waals surface area (Å²) in [6.45, 7) is 9.94. The molecule has 0 saturated carbocycles. The number of carbonyl (C=O) groups excluding carboxylic acids is 3. The number of nitrogens with zero attached hydrogens (tertiary/aromatic N) is 7. The van der Waals surface area contributed by atoms with Crippen molar-refractivity contribution in [3.8, 4) is 11.4 Å². The summed E-state index contributed by atoms with van der Waals surface area (Å²) >= 11 is 12.8. The zero-order chi connectivity index (χ0) is 56.9. The van der Waals surface area contributed by atoms with Crippen LogP contribution >= 0.6 is 23.2 Å². The number of quaternary nitrogens is 1. The van der Waals surface area contributed by atoms with Crippen molar-refractivity contribution in [1.82, 2.24) is 14.3 Å². The quantitative estimate of drug-likeness (QED) is 0.0260. The van der Waals surface area contributed by atoms with Gasteiger partial charge in [-0.1, -0.05) is 99.6 Å². The van der Waals surface area contributed by atoms with Gasteiger partial charge in [0.15, 0.2) is 19.0 Å². The van der Waals surface area contributed by atoms with Crippen molar-refractivity contribution in [2.45, 2.75) is 141 Å². The van der Waals surface area contributed by atoms with E-state index in [1.165, 1.54) is 6.34 Å². The van der Waals surface area contributed by atoms with Crippen LogP contribution in [0.25, 0.3) is 5.69 Å². The molecule has 3 aliphatic rings. The maximum absolute atomic E-state index is 13.7. The maximum atomic E-state index is 13.7. The summed E-state index contributed by atoms with van der Waals surface area (Å²) in [7, 11) is 0. The first-order valence-corrected chi connectivity index (χ1v) is 28.9. The summed E-state index contributed by atoms with van der Waals surface area (Å²) in [6, 6.07) is 21.3. The number of aliphatic imine (C=N–C) groups is 1. The normalized spacial score (nSPS) is 19.0. The van der Waals surface area contributed by atoms with Crippen LogP contribution in [0, 0.1) is 5.92 Å². The number of aliphatic carboxylic acids is 1. The molecule has 6 unspecified atom stereocenters. The van der Waals surface area contributed by atoms with Gasteiger partial charge < -0.3 is 43.3 Å². The summed E-state index contributed by atoms with van der Waals surface area (Å²) in [4.78, 5) is 70.4. The Labute approximate surface area is 477 Å². The molecule has 7 rings (SSSR count). The molecule has 0 radical (unpaired) electrons. The molecule has 2 fully saturated rings. The van der Waals surface area contributed by atoms with Crippen molar-refractivity contribution >= 4 is 71.1 Å². The molecule has 0 bridgehead atoms. The van der Waals surface area contributed by atoms with Gasteiger partial charge in [-0.25, -0.2) is 14.0 Å². The molecular formula is C58H77Cl2N8O12+. The highest BCUT2D eigenvalue weighted by atomic mass is 35.5. The number of carbonyl (C=O) groups is 4. The third-order valence-electron chi connectivity index (χ3n) is 14.7. The second kappa shape index (κ2) is 31.0. The van der Waals surface area contributed by atoms with Crippen LogP contribution in [-0.2, 0) is 48.6 Å². The molecule has 20 nitrogen and oxygen atoms in total. The highest BCUT2D eigenvalue weighted by Crippen LogP contribution is 2.39. The number of unbranched alkanes of at least 4 members (excludes halogenated alkanes) is 8. The number of nitrogens with one attached hydrogen (secondary N) is 1. The number of esters is 3. The van der Waals surface area contributed by atoms with Crippen LogP contribution < -0.4 is 25.2 Å². The van der Waals surface area contributed by atoms with Crippen LogP contribution in [0.4, 0.5) is 11.4 Å². The van der Waals surface area contributed by atoms with Crippen LogP contribution in [-0.4, -0.2) is 127 Å². The molecule has 0 amide bonds. The van der Waals surface area contributed by atoms with Crippen LogP contribution in [0.15, 0.2) is 87.9 Å². The van der Waals surface area contributed by atoms with Gasteiger partial charge >= 0.3 is 29.6 Å². The van der Waals surface area contributed by atoms with Crippen LogP contribution in [0.5, 0.6) is 5.75 Å². The lowest BCUT2D eigenvalue weighted by atomic mass is 9.96. The molecule has 4 aromatic rings. The number of anilines is 2. The van der Waals surface area contributed by atoms with Crippen molar-refractivity contribution < 1.29 is 57.7 Å². The number of hydrogen-bond donors (Lipinski definition) is 2. The molecule has 4 heterocycles. The lowest BCUT2D eigenvalue weighted by Crippen LogP contribution is -3.07. The molecule has 1 aromatic heterocycles. The number of hydrogen-bond acceptors (Lipinski definition) is 16. The lowest BCUT2D eigenvalue weighted by Gasteiger charge is -2.37. The Bertz CT molecular complexity index is 2740. The number of carboxylic acid groups (broad SMARTS) is 1. The largest absolute Gasteiger partial charge is 0.491 e. The predicted molar refractivity (Wildman–Crippen MR) is 304 cm³/mol. The van der Waals surface area contributed by atoms with E-state index in [-0.39, 0.29) is 62.8 Å². The molecule has 2 N–H and O–H groups in total. The number of benzene rings is 3. The highest BCUT2D eigenvalue weighted by molar-refractivity contribution is 6.35. The number of ether oxygens (including phenoxy) is 6. The maximum Gasteiger partial charge on any atom is 0.350 e. The first-order chi connectivity index (χ1) is 38.7. The van der Waals surface area contributed by atoms with Gasteiger partial charge in [-0.3, -0.25) is 19.2 Å². The molecule has 2 saturated heterocycles. The van der Waals surface area contributed by atoms with Gasteiger partial charge in [-0.15, -0.1) is 0 Å². The molecule has 80 heavy (non-hydrogen) atoms. The van der Waals surface area contributed by atoms with E-state index in [1.807, 2.05) is 37.3 Å². The molecule has 0 spiro atoms. The predicted octanol–water partition coefficient (Wildman–Crippen LogP) is 8.34. The van der Waals surface area contributed by atoms with Crippen LogP contribution in [0.1, 0.15) is 129 Å². The van der Waals surface area contributed by atoms with E-state index in [9.17, 15) is 24.0 Å². The van der Waals surface area contributed by atoms with Gasteiger partial charge in [0.2, 0.25) is 6.34 Å².